The van der Waals surface area contributed by atoms with Crippen LogP contribution in [0.1, 0.15) is 31.7 Å². The summed E-state index contributed by atoms with van der Waals surface area (Å²) in [5.74, 6) is 1.15. The molecule has 0 aromatic carbocycles. The molecule has 1 amide bonds. The summed E-state index contributed by atoms with van der Waals surface area (Å²) in [5, 5.41) is 6.92. The largest absolute Gasteiger partial charge is 0.375 e. The summed E-state index contributed by atoms with van der Waals surface area (Å²) < 4.78 is 11.0. The van der Waals surface area contributed by atoms with Gasteiger partial charge in [-0.1, -0.05) is 19.0 Å². The third-order valence-corrected chi connectivity index (χ3v) is 4.57. The van der Waals surface area contributed by atoms with Gasteiger partial charge in [0.05, 0.1) is 24.8 Å². The lowest BCUT2D eigenvalue weighted by Gasteiger charge is -2.36. The van der Waals surface area contributed by atoms with Crippen LogP contribution in [-0.4, -0.2) is 53.8 Å². The van der Waals surface area contributed by atoms with E-state index in [1.165, 1.54) is 0 Å². The molecular formula is C16H25N3O3. The Balaban J connectivity index is 1.49. The number of rotatable bonds is 4. The van der Waals surface area contributed by atoms with E-state index in [1.807, 2.05) is 6.92 Å². The van der Waals surface area contributed by atoms with Crippen LogP contribution in [0, 0.1) is 12.8 Å². The number of ether oxygens (including phenoxy) is 1. The molecule has 122 valence electrons. The number of aromatic nitrogens is 1. The number of hydrogen-bond donors (Lipinski definition) is 1. The van der Waals surface area contributed by atoms with Gasteiger partial charge in [-0.05, 0) is 19.3 Å². The topological polar surface area (TPSA) is 67.6 Å². The third-order valence-electron chi connectivity index (χ3n) is 4.57. The zero-order chi connectivity index (χ0) is 15.7. The van der Waals surface area contributed by atoms with Crippen LogP contribution in [0.3, 0.4) is 0 Å². The van der Waals surface area contributed by atoms with Crippen molar-refractivity contribution in [2.24, 2.45) is 5.92 Å². The molecule has 0 saturated carbocycles. The summed E-state index contributed by atoms with van der Waals surface area (Å²) in [6.07, 6.45) is 1.53. The molecule has 6 nitrogen and oxygen atoms in total. The molecule has 3 heterocycles. The van der Waals surface area contributed by atoms with Crippen molar-refractivity contribution in [3.63, 3.8) is 0 Å². The van der Waals surface area contributed by atoms with E-state index in [0.717, 1.165) is 31.8 Å². The van der Waals surface area contributed by atoms with Crippen LogP contribution in [0.25, 0.3) is 0 Å². The minimum atomic E-state index is 0.00215. The molecule has 0 aliphatic carbocycles. The van der Waals surface area contributed by atoms with E-state index in [-0.39, 0.29) is 18.4 Å². The normalized spacial score (nSPS) is 28.8. The fourth-order valence-corrected chi connectivity index (χ4v) is 3.34. The molecule has 2 fully saturated rings. The van der Waals surface area contributed by atoms with Crippen molar-refractivity contribution < 1.29 is 14.1 Å². The van der Waals surface area contributed by atoms with E-state index in [4.69, 9.17) is 9.26 Å². The van der Waals surface area contributed by atoms with E-state index < -0.39 is 0 Å². The van der Waals surface area contributed by atoms with E-state index >= 15 is 0 Å². The maximum Gasteiger partial charge on any atom is 0.227 e. The van der Waals surface area contributed by atoms with Crippen LogP contribution < -0.4 is 5.32 Å². The molecule has 0 radical (unpaired) electrons. The number of amides is 1. The molecule has 1 aromatic rings. The van der Waals surface area contributed by atoms with Gasteiger partial charge in [0.25, 0.3) is 0 Å². The Kier molecular flexibility index (Phi) is 4.49. The molecule has 22 heavy (non-hydrogen) atoms. The van der Waals surface area contributed by atoms with Crippen molar-refractivity contribution in [3.8, 4) is 0 Å². The summed E-state index contributed by atoms with van der Waals surface area (Å²) in [6.45, 7) is 8.90. The second-order valence-electron chi connectivity index (χ2n) is 6.84. The molecule has 2 aliphatic rings. The lowest BCUT2D eigenvalue weighted by molar-refractivity contribution is -0.121. The SMILES string of the molecule is Cc1cc(CC(=O)N[C@H]2C[C@H]3CO[C@H](C(C)C)CN3C2)on1. The molecule has 1 N–H and O–H groups in total. The Labute approximate surface area is 131 Å². The van der Waals surface area contributed by atoms with Crippen LogP contribution in [0.4, 0.5) is 0 Å². The fraction of sp³-hybridized carbons (Fsp3) is 0.750. The molecule has 2 saturated heterocycles. The number of carbonyl (C=O) groups excluding carboxylic acids is 1. The van der Waals surface area contributed by atoms with Crippen LogP contribution in [0.15, 0.2) is 10.6 Å². The number of nitrogens with zero attached hydrogens (tertiary/aromatic N) is 2. The monoisotopic (exact) mass is 307 g/mol. The minimum Gasteiger partial charge on any atom is -0.375 e. The number of aryl methyl sites for hydroxylation is 1. The molecule has 1 aromatic heterocycles. The van der Waals surface area contributed by atoms with Crippen molar-refractivity contribution in [2.45, 2.75) is 51.8 Å². The average molecular weight is 307 g/mol. The van der Waals surface area contributed by atoms with Gasteiger partial charge in [-0.25, -0.2) is 0 Å². The first-order valence-electron chi connectivity index (χ1n) is 8.08. The van der Waals surface area contributed by atoms with Crippen LogP contribution >= 0.6 is 0 Å². The Hall–Kier alpha value is -1.40. The van der Waals surface area contributed by atoms with Crippen molar-refractivity contribution >= 4 is 5.91 Å². The van der Waals surface area contributed by atoms with Crippen molar-refractivity contribution in [3.05, 3.63) is 17.5 Å². The van der Waals surface area contributed by atoms with Gasteiger partial charge < -0.3 is 14.6 Å². The van der Waals surface area contributed by atoms with Gasteiger partial charge in [-0.3, -0.25) is 9.69 Å². The quantitative estimate of drug-likeness (QED) is 0.903. The van der Waals surface area contributed by atoms with Gasteiger partial charge in [-0.15, -0.1) is 0 Å². The van der Waals surface area contributed by atoms with Crippen molar-refractivity contribution in [2.75, 3.05) is 19.7 Å². The molecule has 0 unspecified atom stereocenters. The lowest BCUT2D eigenvalue weighted by Crippen LogP contribution is -2.48. The van der Waals surface area contributed by atoms with Gasteiger partial charge in [0.2, 0.25) is 5.91 Å². The van der Waals surface area contributed by atoms with E-state index in [0.29, 0.717) is 23.8 Å². The van der Waals surface area contributed by atoms with Gasteiger partial charge in [-0.2, -0.15) is 0 Å². The third kappa shape index (κ3) is 3.50. The van der Waals surface area contributed by atoms with Gasteiger partial charge in [0.15, 0.2) is 0 Å². The molecule has 3 atom stereocenters. The number of carbonyl (C=O) groups is 1. The first kappa shape index (κ1) is 15.5. The Morgan fingerprint density at radius 2 is 2.32 bits per heavy atom. The second kappa shape index (κ2) is 6.38. The van der Waals surface area contributed by atoms with Crippen LogP contribution in [-0.2, 0) is 16.0 Å². The van der Waals surface area contributed by atoms with E-state index in [9.17, 15) is 4.79 Å². The maximum atomic E-state index is 12.1. The fourth-order valence-electron chi connectivity index (χ4n) is 3.34. The highest BCUT2D eigenvalue weighted by Crippen LogP contribution is 2.25. The summed E-state index contributed by atoms with van der Waals surface area (Å²) in [5.41, 5.74) is 0.803. The van der Waals surface area contributed by atoms with Gasteiger partial charge >= 0.3 is 0 Å². The smallest absolute Gasteiger partial charge is 0.227 e. The summed E-state index contributed by atoms with van der Waals surface area (Å²) >= 11 is 0. The van der Waals surface area contributed by atoms with Crippen molar-refractivity contribution in [1.29, 1.82) is 0 Å². The Morgan fingerprint density at radius 3 is 3.00 bits per heavy atom. The van der Waals surface area contributed by atoms with Crippen LogP contribution in [0.2, 0.25) is 0 Å². The zero-order valence-corrected chi connectivity index (χ0v) is 13.5. The first-order valence-corrected chi connectivity index (χ1v) is 8.08. The van der Waals surface area contributed by atoms with E-state index in [2.05, 4.69) is 29.2 Å². The minimum absolute atomic E-state index is 0.00215. The second-order valence-corrected chi connectivity index (χ2v) is 6.84. The Bertz CT molecular complexity index is 528. The number of morpholine rings is 1. The average Bonchev–Trinajstić information content (AvgIpc) is 3.03. The summed E-state index contributed by atoms with van der Waals surface area (Å²) in [4.78, 5) is 14.6. The highest BCUT2D eigenvalue weighted by Gasteiger charge is 2.38. The lowest BCUT2D eigenvalue weighted by atomic mass is 10.0. The highest BCUT2D eigenvalue weighted by atomic mass is 16.5. The first-order chi connectivity index (χ1) is 10.5. The standard InChI is InChI=1S/C16H25N3O3/c1-10(2)15-8-19-7-12(5-13(19)9-21-15)17-16(20)6-14-4-11(3)18-22-14/h4,10,12-13,15H,5-9H2,1-3H3,(H,17,20)/t12-,13-,15-/m0/s1. The summed E-state index contributed by atoms with van der Waals surface area (Å²) in [7, 11) is 0. The zero-order valence-electron chi connectivity index (χ0n) is 13.5. The number of nitrogens with one attached hydrogen (secondary N) is 1. The molecular weight excluding hydrogens is 282 g/mol. The molecule has 0 spiro atoms. The molecule has 0 bridgehead atoms. The van der Waals surface area contributed by atoms with E-state index in [1.54, 1.807) is 6.07 Å². The van der Waals surface area contributed by atoms with Gasteiger partial charge in [0.1, 0.15) is 5.76 Å². The molecule has 2 aliphatic heterocycles. The number of fused-ring (bicyclic) bond motifs is 1. The predicted octanol–water partition coefficient (Wildman–Crippen LogP) is 1.14. The van der Waals surface area contributed by atoms with Crippen molar-refractivity contribution in [1.82, 2.24) is 15.4 Å². The molecule has 6 heteroatoms. The Morgan fingerprint density at radius 1 is 1.50 bits per heavy atom. The van der Waals surface area contributed by atoms with Gasteiger partial charge in [0, 0.05) is 31.2 Å². The summed E-state index contributed by atoms with van der Waals surface area (Å²) in [6, 6.07) is 2.45. The predicted molar refractivity (Wildman–Crippen MR) is 81.4 cm³/mol. The number of hydrogen-bond acceptors (Lipinski definition) is 5. The van der Waals surface area contributed by atoms with Crippen LogP contribution in [0.5, 0.6) is 0 Å². The highest BCUT2D eigenvalue weighted by molar-refractivity contribution is 5.78. The molecule has 3 rings (SSSR count). The maximum absolute atomic E-state index is 12.1.